The summed E-state index contributed by atoms with van der Waals surface area (Å²) in [7, 11) is 0. The first-order chi connectivity index (χ1) is 8.54. The highest BCUT2D eigenvalue weighted by molar-refractivity contribution is 7.09. The van der Waals surface area contributed by atoms with E-state index in [-0.39, 0.29) is 11.9 Å². The Hall–Kier alpha value is -1.26. The molecule has 0 aliphatic rings. The van der Waals surface area contributed by atoms with Crippen LogP contribution in [0.3, 0.4) is 0 Å². The number of thiazole rings is 1. The maximum Gasteiger partial charge on any atom is 0.123 e. The van der Waals surface area contributed by atoms with Crippen LogP contribution in [0.25, 0.3) is 0 Å². The molecule has 18 heavy (non-hydrogen) atoms. The molecule has 2 N–H and O–H groups in total. The van der Waals surface area contributed by atoms with Crippen molar-refractivity contribution in [3.63, 3.8) is 0 Å². The van der Waals surface area contributed by atoms with E-state index in [0.29, 0.717) is 6.42 Å². The maximum atomic E-state index is 13.2. The molecule has 1 aromatic heterocycles. The van der Waals surface area contributed by atoms with E-state index in [2.05, 4.69) is 4.98 Å². The van der Waals surface area contributed by atoms with Crippen LogP contribution in [0.5, 0.6) is 0 Å². The lowest BCUT2D eigenvalue weighted by atomic mass is 9.99. The first-order valence-corrected chi connectivity index (χ1v) is 6.84. The Bertz CT molecular complexity index is 536. The third-order valence-corrected chi connectivity index (χ3v) is 3.75. The molecule has 4 heteroatoms. The van der Waals surface area contributed by atoms with E-state index in [9.17, 15) is 4.39 Å². The second kappa shape index (κ2) is 5.59. The number of nitrogens with zero attached hydrogens (tertiary/aromatic N) is 1. The zero-order valence-corrected chi connectivity index (χ0v) is 11.4. The minimum atomic E-state index is -0.202. The van der Waals surface area contributed by atoms with E-state index in [4.69, 9.17) is 5.73 Å². The van der Waals surface area contributed by atoms with Gasteiger partial charge in [-0.15, -0.1) is 11.3 Å². The summed E-state index contributed by atoms with van der Waals surface area (Å²) < 4.78 is 13.2. The summed E-state index contributed by atoms with van der Waals surface area (Å²) in [4.78, 5) is 4.40. The molecular formula is C14H17FN2S. The first-order valence-electron chi connectivity index (χ1n) is 5.96. The highest BCUT2D eigenvalue weighted by Gasteiger charge is 2.10. The molecule has 1 unspecified atom stereocenters. The maximum absolute atomic E-state index is 13.2. The minimum Gasteiger partial charge on any atom is -0.327 e. The molecule has 1 aromatic carbocycles. The SMILES string of the molecule is Cc1nc(CC(N)Cc2cc(F)ccc2C)cs1. The van der Waals surface area contributed by atoms with Crippen molar-refractivity contribution in [1.29, 1.82) is 0 Å². The molecule has 0 radical (unpaired) electrons. The van der Waals surface area contributed by atoms with Gasteiger partial charge in [0.1, 0.15) is 5.82 Å². The fourth-order valence-electron chi connectivity index (χ4n) is 1.99. The van der Waals surface area contributed by atoms with E-state index < -0.39 is 0 Å². The first kappa shape index (κ1) is 13.2. The average Bonchev–Trinajstić information content (AvgIpc) is 2.69. The lowest BCUT2D eigenvalue weighted by Crippen LogP contribution is -2.26. The normalized spacial score (nSPS) is 12.7. The molecule has 2 rings (SSSR count). The second-order valence-corrected chi connectivity index (χ2v) is 5.66. The molecule has 1 atom stereocenters. The number of hydrogen-bond donors (Lipinski definition) is 1. The Balaban J connectivity index is 2.02. The molecule has 2 aromatic rings. The van der Waals surface area contributed by atoms with Crippen LogP contribution in [-0.2, 0) is 12.8 Å². The summed E-state index contributed by atoms with van der Waals surface area (Å²) in [5.74, 6) is -0.202. The molecule has 0 spiro atoms. The van der Waals surface area contributed by atoms with Crippen LogP contribution in [0.15, 0.2) is 23.6 Å². The summed E-state index contributed by atoms with van der Waals surface area (Å²) in [6, 6.07) is 4.83. The fourth-order valence-corrected chi connectivity index (χ4v) is 2.61. The number of aryl methyl sites for hydroxylation is 2. The lowest BCUT2D eigenvalue weighted by molar-refractivity contribution is 0.615. The number of benzene rings is 1. The minimum absolute atomic E-state index is 0.0213. The van der Waals surface area contributed by atoms with Crippen molar-refractivity contribution in [2.45, 2.75) is 32.7 Å². The van der Waals surface area contributed by atoms with E-state index in [1.165, 1.54) is 6.07 Å². The molecule has 0 bridgehead atoms. The number of rotatable bonds is 4. The molecular weight excluding hydrogens is 247 g/mol. The van der Waals surface area contributed by atoms with Gasteiger partial charge in [-0.1, -0.05) is 6.07 Å². The Kier molecular flexibility index (Phi) is 4.09. The number of nitrogens with two attached hydrogens (primary N) is 1. The van der Waals surface area contributed by atoms with E-state index >= 15 is 0 Å². The molecule has 1 heterocycles. The van der Waals surface area contributed by atoms with Crippen molar-refractivity contribution in [2.75, 3.05) is 0 Å². The Labute approximate surface area is 111 Å². The van der Waals surface area contributed by atoms with Gasteiger partial charge in [-0.05, 0) is 43.5 Å². The summed E-state index contributed by atoms with van der Waals surface area (Å²) in [6.45, 7) is 3.96. The second-order valence-electron chi connectivity index (χ2n) is 4.60. The van der Waals surface area contributed by atoms with Crippen LogP contribution < -0.4 is 5.73 Å². The monoisotopic (exact) mass is 264 g/mol. The standard InChI is InChI=1S/C14H17FN2S/c1-9-3-4-12(15)5-11(9)6-13(16)7-14-8-18-10(2)17-14/h3-5,8,13H,6-7,16H2,1-2H3. The zero-order chi connectivity index (χ0) is 13.1. The Morgan fingerprint density at radius 3 is 2.78 bits per heavy atom. The quantitative estimate of drug-likeness (QED) is 0.922. The van der Waals surface area contributed by atoms with Gasteiger partial charge in [0.25, 0.3) is 0 Å². The van der Waals surface area contributed by atoms with E-state index in [1.54, 1.807) is 23.5 Å². The van der Waals surface area contributed by atoms with Gasteiger partial charge < -0.3 is 5.73 Å². The highest BCUT2D eigenvalue weighted by atomic mass is 32.1. The average molecular weight is 264 g/mol. The number of halogens is 1. The largest absolute Gasteiger partial charge is 0.327 e. The van der Waals surface area contributed by atoms with Crippen LogP contribution in [0.4, 0.5) is 4.39 Å². The van der Waals surface area contributed by atoms with Crippen LogP contribution in [0, 0.1) is 19.7 Å². The van der Waals surface area contributed by atoms with Gasteiger partial charge in [-0.25, -0.2) is 9.37 Å². The van der Waals surface area contributed by atoms with Crippen molar-refractivity contribution in [3.8, 4) is 0 Å². The van der Waals surface area contributed by atoms with Gasteiger partial charge in [0.05, 0.1) is 10.7 Å². The van der Waals surface area contributed by atoms with Crippen LogP contribution in [-0.4, -0.2) is 11.0 Å². The molecule has 0 saturated carbocycles. The molecule has 0 fully saturated rings. The predicted octanol–water partition coefficient (Wildman–Crippen LogP) is 3.01. The van der Waals surface area contributed by atoms with Gasteiger partial charge in [0.2, 0.25) is 0 Å². The van der Waals surface area contributed by atoms with E-state index in [1.807, 2.05) is 19.2 Å². The fraction of sp³-hybridized carbons (Fsp3) is 0.357. The van der Waals surface area contributed by atoms with Gasteiger partial charge in [-0.3, -0.25) is 0 Å². The van der Waals surface area contributed by atoms with Gasteiger partial charge in [0, 0.05) is 17.8 Å². The molecule has 96 valence electrons. The van der Waals surface area contributed by atoms with Gasteiger partial charge in [-0.2, -0.15) is 0 Å². The predicted molar refractivity (Wildman–Crippen MR) is 73.4 cm³/mol. The van der Waals surface area contributed by atoms with Crippen LogP contribution >= 0.6 is 11.3 Å². The summed E-state index contributed by atoms with van der Waals surface area (Å²) in [5.41, 5.74) is 9.20. The molecule has 0 aliphatic carbocycles. The van der Waals surface area contributed by atoms with Crippen LogP contribution in [0.2, 0.25) is 0 Å². The van der Waals surface area contributed by atoms with Crippen molar-refractivity contribution in [3.05, 3.63) is 51.2 Å². The Morgan fingerprint density at radius 1 is 1.33 bits per heavy atom. The third-order valence-electron chi connectivity index (χ3n) is 2.93. The van der Waals surface area contributed by atoms with Gasteiger partial charge in [0.15, 0.2) is 0 Å². The summed E-state index contributed by atoms with van der Waals surface area (Å²) in [5, 5.41) is 3.09. The summed E-state index contributed by atoms with van der Waals surface area (Å²) >= 11 is 1.63. The third kappa shape index (κ3) is 3.37. The van der Waals surface area contributed by atoms with Gasteiger partial charge >= 0.3 is 0 Å². The highest BCUT2D eigenvalue weighted by Crippen LogP contribution is 2.15. The molecule has 0 aliphatic heterocycles. The number of aromatic nitrogens is 1. The van der Waals surface area contributed by atoms with Crippen molar-refractivity contribution in [1.82, 2.24) is 4.98 Å². The Morgan fingerprint density at radius 2 is 2.11 bits per heavy atom. The molecule has 2 nitrogen and oxygen atoms in total. The molecule has 0 amide bonds. The number of hydrogen-bond acceptors (Lipinski definition) is 3. The summed E-state index contributed by atoms with van der Waals surface area (Å²) in [6.07, 6.45) is 1.42. The van der Waals surface area contributed by atoms with Crippen molar-refractivity contribution >= 4 is 11.3 Å². The smallest absolute Gasteiger partial charge is 0.123 e. The van der Waals surface area contributed by atoms with Crippen molar-refractivity contribution < 1.29 is 4.39 Å². The van der Waals surface area contributed by atoms with Crippen molar-refractivity contribution in [2.24, 2.45) is 5.73 Å². The molecule has 0 saturated heterocycles. The topological polar surface area (TPSA) is 38.9 Å². The lowest BCUT2D eigenvalue weighted by Gasteiger charge is -2.12. The van der Waals surface area contributed by atoms with E-state index in [0.717, 1.165) is 28.2 Å². The van der Waals surface area contributed by atoms with Crippen LogP contribution in [0.1, 0.15) is 21.8 Å². The zero-order valence-electron chi connectivity index (χ0n) is 10.6.